The number of ether oxygens (including phenoxy) is 3. The normalized spacial score (nSPS) is 12.8. The van der Waals surface area contributed by atoms with E-state index in [4.69, 9.17) is 18.7 Å². The molecule has 9 nitrogen and oxygen atoms in total. The van der Waals surface area contributed by atoms with Crippen LogP contribution in [0.25, 0.3) is 0 Å². The molecule has 0 saturated heterocycles. The Morgan fingerprint density at radius 2 is 1.91 bits per heavy atom. The lowest BCUT2D eigenvalue weighted by Crippen LogP contribution is -2.40. The van der Waals surface area contributed by atoms with E-state index in [-0.39, 0.29) is 43.5 Å². The fourth-order valence-corrected chi connectivity index (χ4v) is 3.44. The van der Waals surface area contributed by atoms with Crippen LogP contribution in [0.3, 0.4) is 0 Å². The zero-order valence-electron chi connectivity index (χ0n) is 19.2. The van der Waals surface area contributed by atoms with Crippen molar-refractivity contribution in [3.8, 4) is 17.2 Å². The zero-order chi connectivity index (χ0) is 23.9. The number of nitrogens with one attached hydrogen (secondary N) is 1. The number of nitrogens with zero attached hydrogens (tertiary/aromatic N) is 2. The van der Waals surface area contributed by atoms with Crippen molar-refractivity contribution in [3.63, 3.8) is 0 Å². The molecule has 0 spiro atoms. The van der Waals surface area contributed by atoms with Crippen molar-refractivity contribution >= 4 is 11.8 Å². The molecule has 0 saturated carbocycles. The number of amides is 2. The molecule has 2 heterocycles. The third-order valence-electron chi connectivity index (χ3n) is 5.56. The molecule has 4 rings (SSSR count). The minimum atomic E-state index is -0.374. The summed E-state index contributed by atoms with van der Waals surface area (Å²) in [6.07, 6.45) is 0.758. The van der Waals surface area contributed by atoms with Gasteiger partial charge in [0.2, 0.25) is 6.79 Å². The number of hydrogen-bond acceptors (Lipinski definition) is 7. The van der Waals surface area contributed by atoms with Crippen LogP contribution in [0.2, 0.25) is 0 Å². The number of para-hydroxylation sites is 1. The highest BCUT2D eigenvalue weighted by Crippen LogP contribution is 2.32. The van der Waals surface area contributed by atoms with Gasteiger partial charge in [-0.3, -0.25) is 9.59 Å². The van der Waals surface area contributed by atoms with Gasteiger partial charge in [-0.25, -0.2) is 0 Å². The Kier molecular flexibility index (Phi) is 7.31. The first-order valence-electron chi connectivity index (χ1n) is 11.1. The fourth-order valence-electron chi connectivity index (χ4n) is 3.44. The summed E-state index contributed by atoms with van der Waals surface area (Å²) in [5, 5.41) is 6.69. The molecule has 0 radical (unpaired) electrons. The highest BCUT2D eigenvalue weighted by Gasteiger charge is 2.23. The molecule has 34 heavy (non-hydrogen) atoms. The van der Waals surface area contributed by atoms with Gasteiger partial charge in [0.05, 0.1) is 6.54 Å². The Balaban J connectivity index is 1.34. The summed E-state index contributed by atoms with van der Waals surface area (Å²) in [7, 11) is 0. The molecule has 1 atom stereocenters. The molecule has 2 aromatic carbocycles. The van der Waals surface area contributed by atoms with Gasteiger partial charge in [-0.05, 0) is 43.2 Å². The largest absolute Gasteiger partial charge is 0.484 e. The molecule has 9 heteroatoms. The second-order valence-corrected chi connectivity index (χ2v) is 7.93. The lowest BCUT2D eigenvalue weighted by Gasteiger charge is -2.27. The molecule has 1 aliphatic heterocycles. The van der Waals surface area contributed by atoms with E-state index in [0.29, 0.717) is 29.6 Å². The van der Waals surface area contributed by atoms with E-state index in [1.54, 1.807) is 29.2 Å². The second-order valence-electron chi connectivity index (χ2n) is 7.93. The first kappa shape index (κ1) is 23.2. The van der Waals surface area contributed by atoms with Gasteiger partial charge < -0.3 is 29.0 Å². The molecule has 0 bridgehead atoms. The predicted octanol–water partition coefficient (Wildman–Crippen LogP) is 3.54. The van der Waals surface area contributed by atoms with E-state index in [9.17, 15) is 9.59 Å². The number of aromatic nitrogens is 1. The van der Waals surface area contributed by atoms with Crippen molar-refractivity contribution in [2.45, 2.75) is 39.4 Å². The average molecular weight is 466 g/mol. The molecule has 1 unspecified atom stereocenters. The van der Waals surface area contributed by atoms with Crippen LogP contribution in [0.1, 0.15) is 42.1 Å². The Bertz CT molecular complexity index is 1130. The molecule has 0 aliphatic carbocycles. The third kappa shape index (κ3) is 5.67. The van der Waals surface area contributed by atoms with Gasteiger partial charge in [0.15, 0.2) is 29.6 Å². The molecule has 178 valence electrons. The van der Waals surface area contributed by atoms with Crippen LogP contribution in [-0.2, 0) is 17.9 Å². The van der Waals surface area contributed by atoms with Gasteiger partial charge in [0.1, 0.15) is 5.75 Å². The van der Waals surface area contributed by atoms with E-state index in [0.717, 1.165) is 12.0 Å². The standard InChI is InChI=1S/C25H27N3O6/c1-3-17(2)28(24(29)15-31-19-7-5-4-6-8-19)14-20-12-21(27-34-20)25(30)26-13-18-9-10-22-23(11-18)33-16-32-22/h4-12,17H,3,13-16H2,1-2H3,(H,26,30). The summed E-state index contributed by atoms with van der Waals surface area (Å²) in [6.45, 7) is 4.54. The van der Waals surface area contributed by atoms with E-state index in [1.165, 1.54) is 0 Å². The number of hydrogen-bond donors (Lipinski definition) is 1. The van der Waals surface area contributed by atoms with E-state index < -0.39 is 0 Å². The Hall–Kier alpha value is -4.01. The van der Waals surface area contributed by atoms with Gasteiger partial charge in [0.25, 0.3) is 11.8 Å². The van der Waals surface area contributed by atoms with Crippen LogP contribution in [-0.4, -0.2) is 41.3 Å². The zero-order valence-corrected chi connectivity index (χ0v) is 19.2. The maximum absolute atomic E-state index is 12.8. The first-order chi connectivity index (χ1) is 16.5. The first-order valence-corrected chi connectivity index (χ1v) is 11.1. The van der Waals surface area contributed by atoms with Gasteiger partial charge >= 0.3 is 0 Å². The van der Waals surface area contributed by atoms with Crippen molar-refractivity contribution in [1.82, 2.24) is 15.4 Å². The lowest BCUT2D eigenvalue weighted by atomic mass is 10.2. The van der Waals surface area contributed by atoms with Crippen LogP contribution >= 0.6 is 0 Å². The van der Waals surface area contributed by atoms with Crippen molar-refractivity contribution in [2.24, 2.45) is 0 Å². The SMILES string of the molecule is CCC(C)N(Cc1cc(C(=O)NCc2ccc3c(c2)OCO3)no1)C(=O)COc1ccccc1. The average Bonchev–Trinajstić information content (AvgIpc) is 3.54. The number of fused-ring (bicyclic) bond motifs is 1. The highest BCUT2D eigenvalue weighted by atomic mass is 16.7. The van der Waals surface area contributed by atoms with Crippen molar-refractivity contribution < 1.29 is 28.3 Å². The number of carbonyl (C=O) groups is 2. The predicted molar refractivity (Wildman–Crippen MR) is 122 cm³/mol. The fraction of sp³-hybridized carbons (Fsp3) is 0.320. The maximum atomic E-state index is 12.8. The molecule has 1 aliphatic rings. The third-order valence-corrected chi connectivity index (χ3v) is 5.56. The number of rotatable bonds is 10. The van der Waals surface area contributed by atoms with Gasteiger partial charge in [-0.2, -0.15) is 0 Å². The van der Waals surface area contributed by atoms with Crippen molar-refractivity contribution in [3.05, 3.63) is 71.6 Å². The molecular formula is C25H27N3O6. The quantitative estimate of drug-likeness (QED) is 0.488. The van der Waals surface area contributed by atoms with Crippen molar-refractivity contribution in [1.29, 1.82) is 0 Å². The van der Waals surface area contributed by atoms with Gasteiger partial charge in [-0.15, -0.1) is 0 Å². The van der Waals surface area contributed by atoms with Crippen LogP contribution < -0.4 is 19.5 Å². The summed E-state index contributed by atoms with van der Waals surface area (Å²) in [6, 6.07) is 16.2. The molecule has 2 amide bonds. The highest BCUT2D eigenvalue weighted by molar-refractivity contribution is 5.92. The van der Waals surface area contributed by atoms with Gasteiger partial charge in [0, 0.05) is 18.7 Å². The summed E-state index contributed by atoms with van der Waals surface area (Å²) in [5.41, 5.74) is 1.01. The summed E-state index contributed by atoms with van der Waals surface area (Å²) < 4.78 is 21.6. The van der Waals surface area contributed by atoms with Crippen LogP contribution in [0.5, 0.6) is 17.2 Å². The van der Waals surface area contributed by atoms with Crippen LogP contribution in [0.15, 0.2) is 59.1 Å². The minimum Gasteiger partial charge on any atom is -0.484 e. The van der Waals surface area contributed by atoms with E-state index in [2.05, 4.69) is 10.5 Å². The molecule has 3 aromatic rings. The monoisotopic (exact) mass is 465 g/mol. The second kappa shape index (κ2) is 10.7. The summed E-state index contributed by atoms with van der Waals surface area (Å²) in [4.78, 5) is 27.1. The van der Waals surface area contributed by atoms with E-state index >= 15 is 0 Å². The molecule has 0 fully saturated rings. The lowest BCUT2D eigenvalue weighted by molar-refractivity contribution is -0.136. The molecule has 1 aromatic heterocycles. The Morgan fingerprint density at radius 3 is 2.71 bits per heavy atom. The maximum Gasteiger partial charge on any atom is 0.273 e. The van der Waals surface area contributed by atoms with Gasteiger partial charge in [-0.1, -0.05) is 36.3 Å². The van der Waals surface area contributed by atoms with E-state index in [1.807, 2.05) is 44.2 Å². The summed E-state index contributed by atoms with van der Waals surface area (Å²) in [5.74, 6) is 1.83. The topological polar surface area (TPSA) is 103 Å². The van der Waals surface area contributed by atoms with Crippen molar-refractivity contribution in [2.75, 3.05) is 13.4 Å². The number of carbonyl (C=O) groups excluding carboxylic acids is 2. The Morgan fingerprint density at radius 1 is 1.12 bits per heavy atom. The molecular weight excluding hydrogens is 438 g/mol. The summed E-state index contributed by atoms with van der Waals surface area (Å²) >= 11 is 0. The number of benzene rings is 2. The Labute approximate surface area is 197 Å². The van der Waals surface area contributed by atoms with Crippen LogP contribution in [0.4, 0.5) is 0 Å². The molecule has 1 N–H and O–H groups in total. The van der Waals surface area contributed by atoms with Crippen LogP contribution in [0, 0.1) is 0 Å². The smallest absolute Gasteiger partial charge is 0.273 e. The minimum absolute atomic E-state index is 0.0414.